The molecular weight excluding hydrogens is 246 g/mol. The van der Waals surface area contributed by atoms with E-state index in [1.54, 1.807) is 0 Å². The molecule has 1 N–H and O–H groups in total. The fourth-order valence-corrected chi connectivity index (χ4v) is 3.37. The van der Waals surface area contributed by atoms with Gasteiger partial charge in [-0.05, 0) is 49.1 Å². The van der Waals surface area contributed by atoms with E-state index in [1.807, 2.05) is 0 Å². The summed E-state index contributed by atoms with van der Waals surface area (Å²) in [5.41, 5.74) is 2.84. The van der Waals surface area contributed by atoms with Crippen LogP contribution in [-0.2, 0) is 11.2 Å². The Bertz CT molecular complexity index is 424. The molecule has 3 atom stereocenters. The van der Waals surface area contributed by atoms with Crippen molar-refractivity contribution >= 4 is 0 Å². The van der Waals surface area contributed by atoms with Gasteiger partial charge in [0.2, 0.25) is 0 Å². The summed E-state index contributed by atoms with van der Waals surface area (Å²) in [4.78, 5) is 0. The lowest BCUT2D eigenvalue weighted by Gasteiger charge is -2.26. The molecule has 20 heavy (non-hydrogen) atoms. The van der Waals surface area contributed by atoms with Crippen LogP contribution < -0.4 is 5.32 Å². The van der Waals surface area contributed by atoms with Crippen LogP contribution in [0.1, 0.15) is 56.7 Å². The van der Waals surface area contributed by atoms with Gasteiger partial charge in [0.1, 0.15) is 0 Å². The molecule has 3 rings (SSSR count). The zero-order valence-electron chi connectivity index (χ0n) is 12.8. The first kappa shape index (κ1) is 14.1. The molecule has 1 saturated carbocycles. The first-order valence-electron chi connectivity index (χ1n) is 8.28. The zero-order valence-corrected chi connectivity index (χ0v) is 12.8. The largest absolute Gasteiger partial charge is 0.376 e. The molecule has 0 spiro atoms. The van der Waals surface area contributed by atoms with Gasteiger partial charge < -0.3 is 10.1 Å². The van der Waals surface area contributed by atoms with E-state index in [1.165, 1.54) is 30.4 Å². The van der Waals surface area contributed by atoms with Gasteiger partial charge in [-0.1, -0.05) is 38.1 Å². The number of ether oxygens (including phenoxy) is 1. The Morgan fingerprint density at radius 1 is 1.15 bits per heavy atom. The Kier molecular flexibility index (Phi) is 4.42. The monoisotopic (exact) mass is 273 g/mol. The van der Waals surface area contributed by atoms with E-state index in [-0.39, 0.29) is 0 Å². The van der Waals surface area contributed by atoms with Gasteiger partial charge in [-0.15, -0.1) is 0 Å². The summed E-state index contributed by atoms with van der Waals surface area (Å²) >= 11 is 0. The molecule has 2 aliphatic rings. The lowest BCUT2D eigenvalue weighted by Crippen LogP contribution is -2.39. The molecule has 0 aromatic heterocycles. The van der Waals surface area contributed by atoms with Crippen molar-refractivity contribution in [1.29, 1.82) is 0 Å². The number of benzene rings is 1. The minimum atomic E-state index is 0.467. The average Bonchev–Trinajstić information content (AvgIpc) is 3.24. The van der Waals surface area contributed by atoms with Crippen LogP contribution in [0.4, 0.5) is 0 Å². The first-order valence-corrected chi connectivity index (χ1v) is 8.28. The second-order valence-corrected chi connectivity index (χ2v) is 6.29. The highest BCUT2D eigenvalue weighted by atomic mass is 16.5. The molecule has 2 nitrogen and oxygen atoms in total. The molecule has 1 aromatic carbocycles. The van der Waals surface area contributed by atoms with Gasteiger partial charge in [-0.2, -0.15) is 0 Å². The van der Waals surface area contributed by atoms with Crippen molar-refractivity contribution in [1.82, 2.24) is 5.32 Å². The van der Waals surface area contributed by atoms with Gasteiger partial charge in [-0.3, -0.25) is 0 Å². The molecule has 0 bridgehead atoms. The Balaban J connectivity index is 1.66. The summed E-state index contributed by atoms with van der Waals surface area (Å²) < 4.78 is 5.94. The third-order valence-corrected chi connectivity index (χ3v) is 4.84. The lowest BCUT2D eigenvalue weighted by molar-refractivity contribution is 0.0787. The molecule has 0 radical (unpaired) electrons. The average molecular weight is 273 g/mol. The summed E-state index contributed by atoms with van der Waals surface area (Å²) in [7, 11) is 0. The van der Waals surface area contributed by atoms with Crippen LogP contribution in [-0.4, -0.2) is 18.8 Å². The summed E-state index contributed by atoms with van der Waals surface area (Å²) in [6.07, 6.45) is 6.63. The summed E-state index contributed by atoms with van der Waals surface area (Å²) in [5, 5.41) is 3.87. The Labute approximate surface area is 122 Å². The van der Waals surface area contributed by atoms with Gasteiger partial charge >= 0.3 is 0 Å². The molecule has 110 valence electrons. The molecule has 3 unspecified atom stereocenters. The molecule has 2 heteroatoms. The predicted molar refractivity (Wildman–Crippen MR) is 82.9 cm³/mol. The quantitative estimate of drug-likeness (QED) is 0.850. The Hall–Kier alpha value is -0.860. The second kappa shape index (κ2) is 6.28. The van der Waals surface area contributed by atoms with Crippen LogP contribution in [0.25, 0.3) is 0 Å². The van der Waals surface area contributed by atoms with E-state index >= 15 is 0 Å². The molecule has 1 aliphatic carbocycles. The van der Waals surface area contributed by atoms with E-state index in [0.29, 0.717) is 18.2 Å². The highest BCUT2D eigenvalue weighted by molar-refractivity contribution is 5.25. The first-order chi connectivity index (χ1) is 9.81. The van der Waals surface area contributed by atoms with Gasteiger partial charge in [0, 0.05) is 18.7 Å². The molecule has 1 heterocycles. The maximum atomic E-state index is 5.94. The SMILES string of the molecule is CCc1ccc(C(CC)NC2CCOC2C2CC2)cc1. The molecule has 1 saturated heterocycles. The van der Waals surface area contributed by atoms with Crippen molar-refractivity contribution in [2.45, 2.75) is 64.1 Å². The van der Waals surface area contributed by atoms with Crippen molar-refractivity contribution in [3.8, 4) is 0 Å². The van der Waals surface area contributed by atoms with Crippen molar-refractivity contribution in [2.24, 2.45) is 5.92 Å². The van der Waals surface area contributed by atoms with E-state index in [2.05, 4.69) is 43.4 Å². The fraction of sp³-hybridized carbons (Fsp3) is 0.667. The van der Waals surface area contributed by atoms with Crippen LogP contribution in [0.2, 0.25) is 0 Å². The summed E-state index contributed by atoms with van der Waals surface area (Å²) in [6, 6.07) is 10.1. The van der Waals surface area contributed by atoms with Crippen molar-refractivity contribution < 1.29 is 4.74 Å². The normalized spacial score (nSPS) is 27.7. The molecular formula is C18H27NO. The molecule has 1 aliphatic heterocycles. The minimum Gasteiger partial charge on any atom is -0.376 e. The van der Waals surface area contributed by atoms with Gasteiger partial charge in [0.15, 0.2) is 0 Å². The van der Waals surface area contributed by atoms with Gasteiger partial charge in [0.05, 0.1) is 6.10 Å². The number of hydrogen-bond donors (Lipinski definition) is 1. The van der Waals surface area contributed by atoms with Crippen LogP contribution in [0.15, 0.2) is 24.3 Å². The standard InChI is InChI=1S/C18H27NO/c1-3-13-5-7-14(8-6-13)16(4-2)19-17-11-12-20-18(17)15-9-10-15/h5-8,15-19H,3-4,9-12H2,1-2H3. The lowest BCUT2D eigenvalue weighted by atomic mass is 9.98. The molecule has 1 aromatic rings. The topological polar surface area (TPSA) is 21.3 Å². The summed E-state index contributed by atoms with van der Waals surface area (Å²) in [5.74, 6) is 0.829. The van der Waals surface area contributed by atoms with Gasteiger partial charge in [0.25, 0.3) is 0 Å². The number of rotatable bonds is 6. The van der Waals surface area contributed by atoms with Crippen molar-refractivity contribution in [3.63, 3.8) is 0 Å². The van der Waals surface area contributed by atoms with Crippen molar-refractivity contribution in [2.75, 3.05) is 6.61 Å². The van der Waals surface area contributed by atoms with Crippen LogP contribution >= 0.6 is 0 Å². The van der Waals surface area contributed by atoms with Gasteiger partial charge in [-0.25, -0.2) is 0 Å². The fourth-order valence-electron chi connectivity index (χ4n) is 3.37. The molecule has 2 fully saturated rings. The second-order valence-electron chi connectivity index (χ2n) is 6.29. The van der Waals surface area contributed by atoms with Crippen LogP contribution in [0, 0.1) is 5.92 Å². The van der Waals surface area contributed by atoms with E-state index in [4.69, 9.17) is 4.74 Å². The van der Waals surface area contributed by atoms with E-state index in [9.17, 15) is 0 Å². The highest BCUT2D eigenvalue weighted by Crippen LogP contribution is 2.39. The van der Waals surface area contributed by atoms with E-state index < -0.39 is 0 Å². The Morgan fingerprint density at radius 3 is 2.50 bits per heavy atom. The summed E-state index contributed by atoms with van der Waals surface area (Å²) in [6.45, 7) is 5.41. The van der Waals surface area contributed by atoms with Crippen LogP contribution in [0.5, 0.6) is 0 Å². The number of aryl methyl sites for hydroxylation is 1. The molecule has 0 amide bonds. The zero-order chi connectivity index (χ0) is 13.9. The van der Waals surface area contributed by atoms with E-state index in [0.717, 1.165) is 25.4 Å². The third kappa shape index (κ3) is 3.07. The van der Waals surface area contributed by atoms with Crippen molar-refractivity contribution in [3.05, 3.63) is 35.4 Å². The predicted octanol–water partition coefficient (Wildman–Crippen LogP) is 3.86. The maximum absolute atomic E-state index is 5.94. The maximum Gasteiger partial charge on any atom is 0.0757 e. The highest BCUT2D eigenvalue weighted by Gasteiger charge is 2.41. The minimum absolute atomic E-state index is 0.467. The number of hydrogen-bond acceptors (Lipinski definition) is 2. The third-order valence-electron chi connectivity index (χ3n) is 4.84. The smallest absolute Gasteiger partial charge is 0.0757 e. The number of nitrogens with one attached hydrogen (secondary N) is 1. The van der Waals surface area contributed by atoms with Crippen LogP contribution in [0.3, 0.4) is 0 Å². The Morgan fingerprint density at radius 2 is 1.90 bits per heavy atom.